The molecule has 0 heterocycles. The molecule has 112 valence electrons. The van der Waals surface area contributed by atoms with Gasteiger partial charge in [0.2, 0.25) is 0 Å². The van der Waals surface area contributed by atoms with E-state index in [1.165, 1.54) is 24.3 Å². The lowest BCUT2D eigenvalue weighted by atomic mass is 9.93. The van der Waals surface area contributed by atoms with Gasteiger partial charge in [-0.2, -0.15) is 0 Å². The molecule has 3 rings (SSSR count). The molecule has 3 aromatic carbocycles. The number of benzene rings is 3. The number of hydrogen-bond donors (Lipinski definition) is 0. The molecule has 0 saturated heterocycles. The molecule has 0 bridgehead atoms. The van der Waals surface area contributed by atoms with Crippen molar-refractivity contribution in [2.24, 2.45) is 0 Å². The van der Waals surface area contributed by atoms with Gasteiger partial charge in [0, 0.05) is 22.3 Å². The summed E-state index contributed by atoms with van der Waals surface area (Å²) in [5.41, 5.74) is 1.52. The van der Waals surface area contributed by atoms with Crippen molar-refractivity contribution in [3.8, 4) is 0 Å². The molecular weight excluding hydrogens is 291 g/mol. The Morgan fingerprint density at radius 1 is 0.565 bits per heavy atom. The molecule has 0 fully saturated rings. The summed E-state index contributed by atoms with van der Waals surface area (Å²) < 4.78 is 13.0. The third-order valence-electron chi connectivity index (χ3n) is 3.56. The zero-order chi connectivity index (χ0) is 16.2. The van der Waals surface area contributed by atoms with Gasteiger partial charge >= 0.3 is 0 Å². The fourth-order valence-electron chi connectivity index (χ4n) is 2.38. The summed E-state index contributed by atoms with van der Waals surface area (Å²) in [6.45, 7) is 0. The van der Waals surface area contributed by atoms with E-state index in [9.17, 15) is 14.0 Å². The zero-order valence-electron chi connectivity index (χ0n) is 12.2. The average molecular weight is 304 g/mol. The number of ketones is 2. The van der Waals surface area contributed by atoms with E-state index >= 15 is 0 Å². The Balaban J connectivity index is 2.03. The van der Waals surface area contributed by atoms with Gasteiger partial charge < -0.3 is 0 Å². The minimum atomic E-state index is -0.407. The number of rotatable bonds is 4. The normalized spacial score (nSPS) is 10.3. The first kappa shape index (κ1) is 14.9. The fraction of sp³-hybridized carbons (Fsp3) is 0. The minimum Gasteiger partial charge on any atom is -0.289 e. The summed E-state index contributed by atoms with van der Waals surface area (Å²) >= 11 is 0. The largest absolute Gasteiger partial charge is 0.289 e. The molecule has 0 N–H and O–H groups in total. The Labute approximate surface area is 133 Å². The number of hydrogen-bond acceptors (Lipinski definition) is 2. The Hall–Kier alpha value is -3.07. The lowest BCUT2D eigenvalue weighted by molar-refractivity contribution is 0.100. The smallest absolute Gasteiger partial charge is 0.193 e. The van der Waals surface area contributed by atoms with Gasteiger partial charge in [-0.3, -0.25) is 9.59 Å². The van der Waals surface area contributed by atoms with Crippen molar-refractivity contribution in [3.05, 3.63) is 107 Å². The Kier molecular flexibility index (Phi) is 4.11. The predicted molar refractivity (Wildman–Crippen MR) is 86.1 cm³/mol. The summed E-state index contributed by atoms with van der Waals surface area (Å²) in [4.78, 5) is 25.3. The van der Waals surface area contributed by atoms with E-state index in [4.69, 9.17) is 0 Å². The quantitative estimate of drug-likeness (QED) is 0.674. The number of carbonyl (C=O) groups excluding carboxylic acids is 2. The molecule has 2 nitrogen and oxygen atoms in total. The van der Waals surface area contributed by atoms with Gasteiger partial charge in [-0.15, -0.1) is 0 Å². The second kappa shape index (κ2) is 6.36. The predicted octanol–water partition coefficient (Wildman–Crippen LogP) is 4.29. The van der Waals surface area contributed by atoms with Crippen LogP contribution in [0.15, 0.2) is 78.9 Å². The Bertz CT molecular complexity index is 852. The highest BCUT2D eigenvalue weighted by atomic mass is 19.1. The van der Waals surface area contributed by atoms with Gasteiger partial charge in [0.1, 0.15) is 5.82 Å². The van der Waals surface area contributed by atoms with E-state index in [0.29, 0.717) is 22.3 Å². The summed E-state index contributed by atoms with van der Waals surface area (Å²) in [7, 11) is 0. The third-order valence-corrected chi connectivity index (χ3v) is 3.56. The maximum Gasteiger partial charge on any atom is 0.193 e. The molecule has 3 aromatic rings. The zero-order valence-corrected chi connectivity index (χ0v) is 12.2. The van der Waals surface area contributed by atoms with E-state index < -0.39 is 5.82 Å². The first-order valence-corrected chi connectivity index (χ1v) is 7.16. The first-order valence-electron chi connectivity index (χ1n) is 7.16. The van der Waals surface area contributed by atoms with Crippen LogP contribution in [0, 0.1) is 5.82 Å². The van der Waals surface area contributed by atoms with Crippen molar-refractivity contribution >= 4 is 11.6 Å². The monoisotopic (exact) mass is 304 g/mol. The van der Waals surface area contributed by atoms with Crippen LogP contribution in [0.5, 0.6) is 0 Å². The number of carbonyl (C=O) groups is 2. The van der Waals surface area contributed by atoms with E-state index in [1.54, 1.807) is 48.5 Å². The van der Waals surface area contributed by atoms with Gasteiger partial charge in [0.25, 0.3) is 0 Å². The topological polar surface area (TPSA) is 34.1 Å². The lowest BCUT2D eigenvalue weighted by Crippen LogP contribution is -2.11. The highest BCUT2D eigenvalue weighted by Gasteiger charge is 2.18. The maximum atomic E-state index is 13.0. The highest BCUT2D eigenvalue weighted by Crippen LogP contribution is 2.18. The second-order valence-electron chi connectivity index (χ2n) is 5.08. The van der Waals surface area contributed by atoms with Crippen LogP contribution in [0.2, 0.25) is 0 Å². The molecule has 3 heteroatoms. The van der Waals surface area contributed by atoms with Gasteiger partial charge in [-0.1, -0.05) is 54.6 Å². The summed E-state index contributed by atoms with van der Waals surface area (Å²) in [5, 5.41) is 0. The van der Waals surface area contributed by atoms with Crippen molar-refractivity contribution in [3.63, 3.8) is 0 Å². The lowest BCUT2D eigenvalue weighted by Gasteiger charge is -2.08. The van der Waals surface area contributed by atoms with Crippen molar-refractivity contribution in [1.82, 2.24) is 0 Å². The van der Waals surface area contributed by atoms with Crippen molar-refractivity contribution in [2.45, 2.75) is 0 Å². The van der Waals surface area contributed by atoms with Gasteiger partial charge in [-0.05, 0) is 24.3 Å². The molecule has 0 aliphatic carbocycles. The number of halogens is 1. The highest BCUT2D eigenvalue weighted by molar-refractivity contribution is 6.19. The minimum absolute atomic E-state index is 0.211. The fourth-order valence-corrected chi connectivity index (χ4v) is 2.38. The van der Waals surface area contributed by atoms with Gasteiger partial charge in [0.05, 0.1) is 0 Å². The average Bonchev–Trinajstić information content (AvgIpc) is 2.62. The summed E-state index contributed by atoms with van der Waals surface area (Å²) in [6, 6.07) is 20.8. The van der Waals surface area contributed by atoms with Crippen LogP contribution < -0.4 is 0 Å². The van der Waals surface area contributed by atoms with Crippen LogP contribution in [-0.2, 0) is 0 Å². The molecule has 23 heavy (non-hydrogen) atoms. The molecule has 0 spiro atoms. The molecule has 0 unspecified atom stereocenters. The first-order chi connectivity index (χ1) is 11.2. The molecule has 0 aliphatic heterocycles. The summed E-state index contributed by atoms with van der Waals surface area (Å²) in [6.07, 6.45) is 0. The van der Waals surface area contributed by atoms with Crippen LogP contribution >= 0.6 is 0 Å². The van der Waals surface area contributed by atoms with Crippen LogP contribution in [-0.4, -0.2) is 11.6 Å². The molecule has 0 radical (unpaired) electrons. The Morgan fingerprint density at radius 2 is 1.00 bits per heavy atom. The van der Waals surface area contributed by atoms with Crippen LogP contribution in [0.25, 0.3) is 0 Å². The third kappa shape index (κ3) is 3.09. The molecule has 0 atom stereocenters. The molecule has 0 aliphatic rings. The molecule has 0 saturated carbocycles. The van der Waals surface area contributed by atoms with E-state index in [0.717, 1.165) is 0 Å². The molecule has 0 amide bonds. The molecular formula is C20H13FO2. The van der Waals surface area contributed by atoms with Crippen molar-refractivity contribution in [2.75, 3.05) is 0 Å². The van der Waals surface area contributed by atoms with E-state index in [-0.39, 0.29) is 11.6 Å². The molecule has 0 aromatic heterocycles. The summed E-state index contributed by atoms with van der Waals surface area (Å²) in [5.74, 6) is -0.920. The van der Waals surface area contributed by atoms with Gasteiger partial charge in [-0.25, -0.2) is 4.39 Å². The van der Waals surface area contributed by atoms with Crippen molar-refractivity contribution in [1.29, 1.82) is 0 Å². The SMILES string of the molecule is O=C(c1ccccc1)c1ccccc1C(=O)c1ccc(F)cc1. The van der Waals surface area contributed by atoms with Crippen LogP contribution in [0.3, 0.4) is 0 Å². The van der Waals surface area contributed by atoms with Crippen molar-refractivity contribution < 1.29 is 14.0 Å². The standard InChI is InChI=1S/C20H13FO2/c21-16-12-10-15(11-13-16)20(23)18-9-5-4-8-17(18)19(22)14-6-2-1-3-7-14/h1-13H. The van der Waals surface area contributed by atoms with Gasteiger partial charge in [0.15, 0.2) is 11.6 Å². The van der Waals surface area contributed by atoms with E-state index in [1.807, 2.05) is 6.07 Å². The van der Waals surface area contributed by atoms with E-state index in [2.05, 4.69) is 0 Å². The van der Waals surface area contributed by atoms with Crippen LogP contribution in [0.1, 0.15) is 31.8 Å². The second-order valence-corrected chi connectivity index (χ2v) is 5.08. The maximum absolute atomic E-state index is 13.0. The van der Waals surface area contributed by atoms with Crippen LogP contribution in [0.4, 0.5) is 4.39 Å². The Morgan fingerprint density at radius 3 is 1.52 bits per heavy atom.